The van der Waals surface area contributed by atoms with Crippen LogP contribution in [0.15, 0.2) is 83.8 Å². The molecule has 0 spiro atoms. The highest BCUT2D eigenvalue weighted by atomic mass is 32.2. The molecule has 1 amide bonds. The molecule has 0 unspecified atom stereocenters. The zero-order valence-corrected chi connectivity index (χ0v) is 24.5. The molecule has 7 nitrogen and oxygen atoms in total. The zero-order valence-electron chi connectivity index (χ0n) is 23.7. The van der Waals surface area contributed by atoms with E-state index in [0.29, 0.717) is 11.3 Å². The van der Waals surface area contributed by atoms with Crippen LogP contribution in [0.1, 0.15) is 31.1 Å². The number of hydrogen-bond donors (Lipinski definition) is 1. The van der Waals surface area contributed by atoms with Gasteiger partial charge in [0.2, 0.25) is 0 Å². The standard InChI is InChI=1S/C32H34FN5O2S/c1-32(2,3)38(30(39)22-9-6-5-7-10-22)27-12-8-11-25(28(27)33)26-21-36(4)31(40)29(35-26)34-23-13-15-24(16-14-23)37-17-19-41-20-18-37/h5-16,21H,17-20H2,1-4H3,(H,34,35). The minimum absolute atomic E-state index is 0.0879. The van der Waals surface area contributed by atoms with Crippen molar-refractivity contribution < 1.29 is 9.18 Å². The number of rotatable bonds is 6. The third kappa shape index (κ3) is 6.15. The number of nitrogens with zero attached hydrogens (tertiary/aromatic N) is 4. The van der Waals surface area contributed by atoms with Crippen molar-refractivity contribution in [3.05, 3.63) is 101 Å². The summed E-state index contributed by atoms with van der Waals surface area (Å²) in [6.45, 7) is 7.61. The van der Waals surface area contributed by atoms with E-state index in [1.54, 1.807) is 49.5 Å². The first kappa shape index (κ1) is 28.4. The first-order valence-electron chi connectivity index (χ1n) is 13.6. The molecule has 4 aromatic rings. The average molecular weight is 572 g/mol. The van der Waals surface area contributed by atoms with Gasteiger partial charge >= 0.3 is 0 Å². The molecule has 0 radical (unpaired) electrons. The summed E-state index contributed by atoms with van der Waals surface area (Å²) < 4.78 is 17.7. The Bertz CT molecular complexity index is 1590. The van der Waals surface area contributed by atoms with E-state index in [4.69, 9.17) is 0 Å². The lowest BCUT2D eigenvalue weighted by Gasteiger charge is -2.36. The topological polar surface area (TPSA) is 70.5 Å². The number of halogens is 1. The number of benzene rings is 3. The Hall–Kier alpha value is -4.11. The molecular formula is C32H34FN5O2S. The summed E-state index contributed by atoms with van der Waals surface area (Å²) in [5.41, 5.74) is 1.87. The van der Waals surface area contributed by atoms with Gasteiger partial charge in [0.1, 0.15) is 0 Å². The Morgan fingerprint density at radius 3 is 2.32 bits per heavy atom. The third-order valence-electron chi connectivity index (χ3n) is 6.97. The second-order valence-corrected chi connectivity index (χ2v) is 12.2. The number of aryl methyl sites for hydroxylation is 1. The van der Waals surface area contributed by atoms with Crippen molar-refractivity contribution in [1.29, 1.82) is 0 Å². The summed E-state index contributed by atoms with van der Waals surface area (Å²) in [6, 6.07) is 21.6. The fourth-order valence-electron chi connectivity index (χ4n) is 4.91. The first-order chi connectivity index (χ1) is 19.6. The summed E-state index contributed by atoms with van der Waals surface area (Å²) in [4.78, 5) is 34.9. The number of aromatic nitrogens is 2. The van der Waals surface area contributed by atoms with Crippen LogP contribution in [0, 0.1) is 5.82 Å². The molecule has 212 valence electrons. The van der Waals surface area contributed by atoms with Gasteiger partial charge in [0.05, 0.1) is 11.4 Å². The lowest BCUT2D eigenvalue weighted by Crippen LogP contribution is -2.46. The Balaban J connectivity index is 1.49. The molecule has 2 heterocycles. The van der Waals surface area contributed by atoms with Gasteiger partial charge in [-0.25, -0.2) is 9.37 Å². The molecule has 1 saturated heterocycles. The highest BCUT2D eigenvalue weighted by molar-refractivity contribution is 7.99. The molecule has 0 saturated carbocycles. The molecule has 41 heavy (non-hydrogen) atoms. The molecular weight excluding hydrogens is 537 g/mol. The fraction of sp³-hybridized carbons (Fsp3) is 0.281. The van der Waals surface area contributed by atoms with Crippen molar-refractivity contribution in [1.82, 2.24) is 9.55 Å². The van der Waals surface area contributed by atoms with E-state index in [1.165, 1.54) is 15.7 Å². The van der Waals surface area contributed by atoms with Gasteiger partial charge in [-0.1, -0.05) is 24.3 Å². The van der Waals surface area contributed by atoms with Crippen LogP contribution in [0.25, 0.3) is 11.3 Å². The van der Waals surface area contributed by atoms with Crippen LogP contribution in [0.2, 0.25) is 0 Å². The van der Waals surface area contributed by atoms with Crippen molar-refractivity contribution in [3.8, 4) is 11.3 Å². The van der Waals surface area contributed by atoms with Crippen LogP contribution in [0.3, 0.4) is 0 Å². The van der Waals surface area contributed by atoms with Crippen molar-refractivity contribution >= 4 is 40.5 Å². The maximum Gasteiger partial charge on any atom is 0.293 e. The molecule has 0 bridgehead atoms. The van der Waals surface area contributed by atoms with E-state index in [1.807, 2.05) is 62.9 Å². The van der Waals surface area contributed by atoms with Gasteiger partial charge in [0.15, 0.2) is 11.6 Å². The predicted octanol–water partition coefficient (Wildman–Crippen LogP) is 6.33. The molecule has 0 aliphatic carbocycles. The van der Waals surface area contributed by atoms with E-state index >= 15 is 4.39 Å². The third-order valence-corrected chi connectivity index (χ3v) is 7.91. The van der Waals surface area contributed by atoms with Crippen molar-refractivity contribution in [2.24, 2.45) is 7.05 Å². The molecule has 1 N–H and O–H groups in total. The number of thioether (sulfide) groups is 1. The van der Waals surface area contributed by atoms with E-state index in [-0.39, 0.29) is 34.2 Å². The SMILES string of the molecule is Cn1cc(-c2cccc(N(C(=O)c3ccccc3)C(C)(C)C)c2F)nc(Nc2ccc(N3CCSCC3)cc2)c1=O. The second kappa shape index (κ2) is 11.8. The number of carbonyl (C=O) groups is 1. The average Bonchev–Trinajstić information content (AvgIpc) is 2.97. The van der Waals surface area contributed by atoms with E-state index in [9.17, 15) is 9.59 Å². The minimum Gasteiger partial charge on any atom is -0.370 e. The summed E-state index contributed by atoms with van der Waals surface area (Å²) in [5, 5.41) is 3.12. The van der Waals surface area contributed by atoms with Gasteiger partial charge in [-0.2, -0.15) is 11.8 Å². The number of nitrogens with one attached hydrogen (secondary N) is 1. The van der Waals surface area contributed by atoms with Crippen molar-refractivity contribution in [2.45, 2.75) is 26.3 Å². The lowest BCUT2D eigenvalue weighted by molar-refractivity contribution is 0.0964. The zero-order chi connectivity index (χ0) is 29.1. The summed E-state index contributed by atoms with van der Waals surface area (Å²) in [5.74, 6) is 1.41. The monoisotopic (exact) mass is 571 g/mol. The van der Waals surface area contributed by atoms with Gasteiger partial charge in [0.25, 0.3) is 11.5 Å². The maximum atomic E-state index is 16.3. The summed E-state index contributed by atoms with van der Waals surface area (Å²) in [6.07, 6.45) is 1.51. The van der Waals surface area contributed by atoms with Gasteiger partial charge in [0, 0.05) is 65.9 Å². The van der Waals surface area contributed by atoms with Crippen LogP contribution in [-0.2, 0) is 7.05 Å². The number of anilines is 4. The predicted molar refractivity (Wildman–Crippen MR) is 167 cm³/mol. The van der Waals surface area contributed by atoms with Gasteiger partial charge in [-0.3, -0.25) is 9.59 Å². The molecule has 5 rings (SSSR count). The van der Waals surface area contributed by atoms with E-state index in [2.05, 4.69) is 15.2 Å². The Labute approximate surface area is 244 Å². The number of carbonyl (C=O) groups excluding carboxylic acids is 1. The molecule has 1 aliphatic rings. The fourth-order valence-corrected chi connectivity index (χ4v) is 5.81. The lowest BCUT2D eigenvalue weighted by atomic mass is 10.0. The van der Waals surface area contributed by atoms with E-state index in [0.717, 1.165) is 30.3 Å². The first-order valence-corrected chi connectivity index (χ1v) is 14.7. The summed E-state index contributed by atoms with van der Waals surface area (Å²) in [7, 11) is 1.61. The van der Waals surface area contributed by atoms with Crippen LogP contribution in [-0.4, -0.2) is 45.6 Å². The molecule has 0 atom stereocenters. The normalized spacial score (nSPS) is 13.6. The highest BCUT2D eigenvalue weighted by Gasteiger charge is 2.32. The Kier molecular flexibility index (Phi) is 8.17. The largest absolute Gasteiger partial charge is 0.370 e. The smallest absolute Gasteiger partial charge is 0.293 e. The van der Waals surface area contributed by atoms with Gasteiger partial charge in [-0.05, 0) is 69.3 Å². The molecule has 1 aliphatic heterocycles. The Morgan fingerprint density at radius 2 is 1.66 bits per heavy atom. The Morgan fingerprint density at radius 1 is 0.976 bits per heavy atom. The molecule has 1 aromatic heterocycles. The maximum absolute atomic E-state index is 16.3. The van der Waals surface area contributed by atoms with Crippen molar-refractivity contribution in [2.75, 3.05) is 39.7 Å². The minimum atomic E-state index is -0.713. The van der Waals surface area contributed by atoms with Crippen LogP contribution in [0.4, 0.5) is 27.3 Å². The highest BCUT2D eigenvalue weighted by Crippen LogP contribution is 2.34. The van der Waals surface area contributed by atoms with Crippen LogP contribution in [0.5, 0.6) is 0 Å². The van der Waals surface area contributed by atoms with Gasteiger partial charge < -0.3 is 19.7 Å². The summed E-state index contributed by atoms with van der Waals surface area (Å²) >= 11 is 1.96. The second-order valence-electron chi connectivity index (χ2n) is 11.0. The number of amides is 1. The molecule has 9 heteroatoms. The quantitative estimate of drug-likeness (QED) is 0.292. The number of hydrogen-bond acceptors (Lipinski definition) is 6. The van der Waals surface area contributed by atoms with Gasteiger partial charge in [-0.15, -0.1) is 0 Å². The molecule has 3 aromatic carbocycles. The molecule has 1 fully saturated rings. The van der Waals surface area contributed by atoms with Crippen LogP contribution >= 0.6 is 11.8 Å². The van der Waals surface area contributed by atoms with Crippen molar-refractivity contribution in [3.63, 3.8) is 0 Å². The van der Waals surface area contributed by atoms with Crippen LogP contribution < -0.4 is 20.7 Å². The van der Waals surface area contributed by atoms with E-state index < -0.39 is 11.4 Å².